The number of piperidine rings is 1. The molecule has 208 valence electrons. The van der Waals surface area contributed by atoms with E-state index in [1.54, 1.807) is 17.5 Å². The number of morpholine rings is 1. The van der Waals surface area contributed by atoms with Gasteiger partial charge in [0, 0.05) is 56.8 Å². The average molecular weight is 574 g/mol. The number of hydrogen-bond donors (Lipinski definition) is 1. The van der Waals surface area contributed by atoms with Gasteiger partial charge in [-0.25, -0.2) is 8.42 Å². The number of piperazine rings is 1. The second-order valence-corrected chi connectivity index (χ2v) is 13.4. The molecule has 4 heterocycles. The number of aliphatic hydroxyl groups is 1. The van der Waals surface area contributed by atoms with Crippen LogP contribution in [0.2, 0.25) is 0 Å². The minimum Gasteiger partial charge on any atom is -0.378 e. The molecule has 1 N–H and O–H groups in total. The van der Waals surface area contributed by atoms with Crippen molar-refractivity contribution >= 4 is 32.8 Å². The fourth-order valence-corrected chi connectivity index (χ4v) is 8.17. The Kier molecular flexibility index (Phi) is 7.37. The number of nitrogens with zero attached hydrogens (tertiary/aromatic N) is 3. The number of anilines is 1. The second-order valence-electron chi connectivity index (χ2n) is 10.2. The highest BCUT2D eigenvalue weighted by Crippen LogP contribution is 2.39. The Balaban J connectivity index is 1.43. The van der Waals surface area contributed by atoms with Crippen molar-refractivity contribution < 1.29 is 36.2 Å². The highest BCUT2D eigenvalue weighted by molar-refractivity contribution is 7.91. The Hall–Kier alpha value is -2.03. The van der Waals surface area contributed by atoms with Crippen LogP contribution in [0.5, 0.6) is 0 Å². The maximum Gasteiger partial charge on any atom is 0.421 e. The van der Waals surface area contributed by atoms with Crippen molar-refractivity contribution in [2.45, 2.75) is 53.9 Å². The average Bonchev–Trinajstić information content (AvgIpc) is 3.40. The number of ketones is 1. The number of carbonyl (C=O) groups is 1. The van der Waals surface area contributed by atoms with Gasteiger partial charge in [-0.1, -0.05) is 18.2 Å². The Morgan fingerprint density at radius 3 is 2.32 bits per heavy atom. The van der Waals surface area contributed by atoms with Crippen molar-refractivity contribution in [1.82, 2.24) is 9.21 Å². The molecule has 3 aliphatic rings. The first-order valence-electron chi connectivity index (χ1n) is 12.4. The number of halogens is 3. The van der Waals surface area contributed by atoms with Gasteiger partial charge >= 0.3 is 6.18 Å². The molecule has 3 fully saturated rings. The molecule has 0 amide bonds. The summed E-state index contributed by atoms with van der Waals surface area (Å²) >= 11 is 1.15. The number of sulfonamides is 1. The SMILES string of the molecule is C[C@@](O)(c1ccc(N2CCN(S(=O)(=O)c3cccs3)C[C@@H]2CN2C3COC[C@@H]2CC(=O)C3)cc1)C(F)(F)F. The summed E-state index contributed by atoms with van der Waals surface area (Å²) in [6.45, 7) is 2.78. The van der Waals surface area contributed by atoms with Crippen LogP contribution < -0.4 is 4.90 Å². The largest absolute Gasteiger partial charge is 0.421 e. The minimum absolute atomic E-state index is 0.0922. The molecule has 1 aromatic carbocycles. The molecule has 0 saturated carbocycles. The van der Waals surface area contributed by atoms with Gasteiger partial charge in [-0.2, -0.15) is 17.5 Å². The van der Waals surface area contributed by atoms with Crippen molar-refractivity contribution in [3.8, 4) is 0 Å². The standard InChI is InChI=1S/C25H30F3N3O5S2/c1-24(33,25(26,27)28)17-4-6-18(7-5-17)30-9-8-29(38(34,35)23-3-2-10-37-23)13-21(30)14-31-19-11-22(32)12-20(31)16-36-15-19/h2-7,10,19-21,33H,8-9,11-16H2,1H3/t19-,20?,21+,24+/m0/s1. The van der Waals surface area contributed by atoms with E-state index in [-0.39, 0.29) is 46.8 Å². The first-order chi connectivity index (χ1) is 17.9. The van der Waals surface area contributed by atoms with Crippen LogP contribution in [0.3, 0.4) is 0 Å². The first kappa shape index (κ1) is 27.5. The van der Waals surface area contributed by atoms with Crippen molar-refractivity contribution in [2.75, 3.05) is 44.3 Å². The van der Waals surface area contributed by atoms with E-state index >= 15 is 0 Å². The van der Waals surface area contributed by atoms with Gasteiger partial charge in [0.05, 0.1) is 19.3 Å². The maximum absolute atomic E-state index is 13.3. The molecular weight excluding hydrogens is 543 g/mol. The molecule has 2 bridgehead atoms. The highest BCUT2D eigenvalue weighted by Gasteiger charge is 2.51. The quantitative estimate of drug-likeness (QED) is 0.569. The van der Waals surface area contributed by atoms with E-state index in [9.17, 15) is 31.5 Å². The normalized spacial score (nSPS) is 27.3. The molecule has 3 saturated heterocycles. The number of benzene rings is 1. The lowest BCUT2D eigenvalue weighted by molar-refractivity contribution is -0.258. The molecule has 38 heavy (non-hydrogen) atoms. The molecule has 0 radical (unpaired) electrons. The third-order valence-corrected chi connectivity index (χ3v) is 11.0. The molecule has 0 spiro atoms. The van der Waals surface area contributed by atoms with Gasteiger partial charge in [0.25, 0.3) is 10.0 Å². The van der Waals surface area contributed by atoms with E-state index < -0.39 is 21.8 Å². The Bertz CT molecular complexity index is 1240. The van der Waals surface area contributed by atoms with E-state index in [2.05, 4.69) is 4.90 Å². The highest BCUT2D eigenvalue weighted by atomic mass is 32.2. The predicted octanol–water partition coefficient (Wildman–Crippen LogP) is 2.83. The summed E-state index contributed by atoms with van der Waals surface area (Å²) in [7, 11) is -3.70. The fraction of sp³-hybridized carbons (Fsp3) is 0.560. The molecular formula is C25H30F3N3O5S2. The molecule has 5 rings (SSSR count). The van der Waals surface area contributed by atoms with E-state index in [0.29, 0.717) is 44.8 Å². The lowest BCUT2D eigenvalue weighted by Gasteiger charge is -2.50. The van der Waals surface area contributed by atoms with Gasteiger partial charge in [-0.15, -0.1) is 11.3 Å². The summed E-state index contributed by atoms with van der Waals surface area (Å²) in [6.07, 6.45) is -4.08. The fourth-order valence-electron chi connectivity index (χ4n) is 5.55. The molecule has 1 unspecified atom stereocenters. The zero-order valence-corrected chi connectivity index (χ0v) is 22.4. The van der Waals surface area contributed by atoms with Crippen molar-refractivity contribution in [3.63, 3.8) is 0 Å². The number of ether oxygens (including phenoxy) is 1. The number of carbonyl (C=O) groups excluding carboxylic acids is 1. The van der Waals surface area contributed by atoms with Gasteiger partial charge in [-0.3, -0.25) is 9.69 Å². The van der Waals surface area contributed by atoms with Crippen LogP contribution in [-0.4, -0.2) is 92.2 Å². The summed E-state index contributed by atoms with van der Waals surface area (Å²) in [4.78, 5) is 16.5. The Morgan fingerprint density at radius 2 is 1.74 bits per heavy atom. The minimum atomic E-state index is -4.83. The van der Waals surface area contributed by atoms with E-state index in [0.717, 1.165) is 18.3 Å². The Morgan fingerprint density at radius 1 is 1.08 bits per heavy atom. The summed E-state index contributed by atoms with van der Waals surface area (Å²) in [5.74, 6) is 0.189. The van der Waals surface area contributed by atoms with Gasteiger partial charge in [0.1, 0.15) is 9.99 Å². The summed E-state index contributed by atoms with van der Waals surface area (Å²) in [6, 6.07) is 8.36. The number of Topliss-reactive ketones (excluding diaryl/α,β-unsaturated/α-hetero) is 1. The van der Waals surface area contributed by atoms with E-state index in [1.807, 2.05) is 4.90 Å². The first-order valence-corrected chi connectivity index (χ1v) is 14.7. The smallest absolute Gasteiger partial charge is 0.378 e. The number of alkyl halides is 3. The summed E-state index contributed by atoms with van der Waals surface area (Å²) < 4.78 is 74.1. The number of hydrogen-bond acceptors (Lipinski definition) is 8. The lowest BCUT2D eigenvalue weighted by atomic mass is 9.92. The maximum atomic E-state index is 13.3. The van der Waals surface area contributed by atoms with Crippen LogP contribution in [0.4, 0.5) is 18.9 Å². The van der Waals surface area contributed by atoms with Crippen molar-refractivity contribution in [3.05, 3.63) is 47.3 Å². The van der Waals surface area contributed by atoms with Crippen LogP contribution in [0, 0.1) is 0 Å². The molecule has 2 aromatic rings. The third-order valence-electron chi connectivity index (χ3n) is 7.75. The van der Waals surface area contributed by atoms with Crippen molar-refractivity contribution in [2.24, 2.45) is 0 Å². The monoisotopic (exact) mass is 573 g/mol. The molecule has 8 nitrogen and oxygen atoms in total. The van der Waals surface area contributed by atoms with Crippen LogP contribution in [0.1, 0.15) is 25.3 Å². The van der Waals surface area contributed by atoms with Gasteiger partial charge in [0.2, 0.25) is 0 Å². The molecule has 4 atom stereocenters. The number of thiophene rings is 1. The van der Waals surface area contributed by atoms with Crippen LogP contribution in [-0.2, 0) is 25.2 Å². The Labute approximate surface area is 223 Å². The van der Waals surface area contributed by atoms with Gasteiger partial charge in [0.15, 0.2) is 5.60 Å². The summed E-state index contributed by atoms with van der Waals surface area (Å²) in [5.41, 5.74) is -2.62. The second kappa shape index (κ2) is 10.2. The van der Waals surface area contributed by atoms with Gasteiger partial charge < -0.3 is 14.7 Å². The summed E-state index contributed by atoms with van der Waals surface area (Å²) in [5, 5.41) is 11.8. The van der Waals surface area contributed by atoms with E-state index in [4.69, 9.17) is 4.74 Å². The molecule has 1 aromatic heterocycles. The van der Waals surface area contributed by atoms with Crippen LogP contribution in [0.25, 0.3) is 0 Å². The zero-order chi connectivity index (χ0) is 27.3. The zero-order valence-electron chi connectivity index (χ0n) is 20.8. The number of rotatable bonds is 6. The molecule has 13 heteroatoms. The number of fused-ring (bicyclic) bond motifs is 2. The van der Waals surface area contributed by atoms with Crippen molar-refractivity contribution in [1.29, 1.82) is 0 Å². The van der Waals surface area contributed by atoms with Crippen LogP contribution in [0.15, 0.2) is 46.0 Å². The predicted molar refractivity (Wildman–Crippen MR) is 136 cm³/mol. The topological polar surface area (TPSA) is 90.4 Å². The molecule has 3 aliphatic heterocycles. The van der Waals surface area contributed by atoms with Gasteiger partial charge in [-0.05, 0) is 36.1 Å². The molecule has 0 aliphatic carbocycles. The third kappa shape index (κ3) is 5.11. The lowest BCUT2D eigenvalue weighted by Crippen LogP contribution is -2.64. The van der Waals surface area contributed by atoms with E-state index in [1.165, 1.54) is 28.6 Å². The van der Waals surface area contributed by atoms with Crippen LogP contribution >= 0.6 is 11.3 Å².